The highest BCUT2D eigenvalue weighted by Gasteiger charge is 2.31. The van der Waals surface area contributed by atoms with E-state index in [1.54, 1.807) is 12.1 Å². The Labute approximate surface area is 230 Å². The number of carbonyl (C=O) groups is 1. The van der Waals surface area contributed by atoms with Gasteiger partial charge in [-0.2, -0.15) is 0 Å². The van der Waals surface area contributed by atoms with Crippen molar-refractivity contribution in [1.29, 1.82) is 0 Å². The number of anilines is 2. The van der Waals surface area contributed by atoms with Gasteiger partial charge in [-0.15, -0.1) is 13.2 Å². The number of ether oxygens (including phenoxy) is 1. The summed E-state index contributed by atoms with van der Waals surface area (Å²) in [6.07, 6.45) is -1.64. The summed E-state index contributed by atoms with van der Waals surface area (Å²) in [5.74, 6) is -0.0269. The molecule has 1 N–H and O–H groups in total. The second kappa shape index (κ2) is 12.5. The molecule has 0 aliphatic carbocycles. The molecule has 0 spiro atoms. The second-order valence-electron chi connectivity index (χ2n) is 11.6. The average Bonchev–Trinajstić information content (AvgIpc) is 2.89. The zero-order chi connectivity index (χ0) is 28.0. The topological polar surface area (TPSA) is 48.0 Å². The third kappa shape index (κ3) is 8.78. The second-order valence-corrected chi connectivity index (χ2v) is 11.6. The lowest BCUT2D eigenvalue weighted by molar-refractivity contribution is -0.274. The highest BCUT2D eigenvalue weighted by molar-refractivity contribution is 5.76. The van der Waals surface area contributed by atoms with Crippen LogP contribution < -0.4 is 15.0 Å². The molecule has 0 saturated carbocycles. The van der Waals surface area contributed by atoms with E-state index in [1.807, 2.05) is 4.90 Å². The SMILES string of the molecule is CC(C)(C)c1ccc(N2CCN(CCCC(=O)N3CCC(Nc4ccc(OC(F)(F)F)cc4)CC3)CC2)cc1. The van der Waals surface area contributed by atoms with Crippen LogP contribution in [0.5, 0.6) is 5.75 Å². The van der Waals surface area contributed by atoms with Gasteiger partial charge in [0.1, 0.15) is 5.75 Å². The lowest BCUT2D eigenvalue weighted by atomic mass is 9.87. The van der Waals surface area contributed by atoms with Crippen LogP contribution in [0, 0.1) is 0 Å². The Morgan fingerprint density at radius 1 is 0.897 bits per heavy atom. The standard InChI is InChI=1S/C30H41F3N4O2/c1-29(2,3)23-6-10-26(11-7-23)36-21-19-35(20-22-36)16-4-5-28(38)37-17-14-25(15-18-37)34-24-8-12-27(13-9-24)39-30(31,32)33/h6-13,25,34H,4-5,14-22H2,1-3H3. The van der Waals surface area contributed by atoms with Gasteiger partial charge in [-0.05, 0) is 73.2 Å². The number of likely N-dealkylation sites (tertiary alicyclic amines) is 1. The van der Waals surface area contributed by atoms with Crippen molar-refractivity contribution in [2.75, 3.05) is 56.0 Å². The molecule has 6 nitrogen and oxygen atoms in total. The molecule has 0 unspecified atom stereocenters. The number of hydrogen-bond donors (Lipinski definition) is 1. The van der Waals surface area contributed by atoms with Crippen LogP contribution in [-0.4, -0.2) is 73.9 Å². The number of rotatable bonds is 8. The first-order valence-electron chi connectivity index (χ1n) is 13.9. The van der Waals surface area contributed by atoms with Crippen molar-refractivity contribution in [1.82, 2.24) is 9.80 Å². The quantitative estimate of drug-likeness (QED) is 0.448. The van der Waals surface area contributed by atoms with Gasteiger partial charge in [-0.1, -0.05) is 32.9 Å². The van der Waals surface area contributed by atoms with Crippen molar-refractivity contribution >= 4 is 17.3 Å². The van der Waals surface area contributed by atoms with Gasteiger partial charge in [0.05, 0.1) is 0 Å². The Morgan fingerprint density at radius 3 is 2.08 bits per heavy atom. The first-order valence-corrected chi connectivity index (χ1v) is 13.9. The minimum absolute atomic E-state index is 0.162. The van der Waals surface area contributed by atoms with Crippen molar-refractivity contribution < 1.29 is 22.7 Å². The molecule has 39 heavy (non-hydrogen) atoms. The predicted molar refractivity (Wildman–Crippen MR) is 149 cm³/mol. The fraction of sp³-hybridized carbons (Fsp3) is 0.567. The zero-order valence-electron chi connectivity index (χ0n) is 23.3. The van der Waals surface area contributed by atoms with Crippen LogP contribution in [0.2, 0.25) is 0 Å². The third-order valence-corrected chi connectivity index (χ3v) is 7.64. The van der Waals surface area contributed by atoms with Crippen LogP contribution in [-0.2, 0) is 10.2 Å². The number of nitrogens with one attached hydrogen (secondary N) is 1. The molecule has 2 aromatic rings. The van der Waals surface area contributed by atoms with E-state index in [4.69, 9.17) is 0 Å². The molecule has 1 amide bonds. The highest BCUT2D eigenvalue weighted by Crippen LogP contribution is 2.27. The molecule has 0 aromatic heterocycles. The van der Waals surface area contributed by atoms with Gasteiger partial charge in [0, 0.05) is 63.1 Å². The Bertz CT molecular complexity index is 1050. The molecule has 0 bridgehead atoms. The van der Waals surface area contributed by atoms with Crippen molar-refractivity contribution in [3.05, 3.63) is 54.1 Å². The number of carbonyl (C=O) groups excluding carboxylic acids is 1. The van der Waals surface area contributed by atoms with Crippen LogP contribution in [0.3, 0.4) is 0 Å². The number of piperazine rings is 1. The van der Waals surface area contributed by atoms with Crippen LogP contribution in [0.1, 0.15) is 52.0 Å². The van der Waals surface area contributed by atoms with Crippen LogP contribution in [0.25, 0.3) is 0 Å². The van der Waals surface area contributed by atoms with Crippen LogP contribution in [0.4, 0.5) is 24.5 Å². The summed E-state index contributed by atoms with van der Waals surface area (Å²) in [4.78, 5) is 19.6. The Hall–Kier alpha value is -2.94. The minimum Gasteiger partial charge on any atom is -0.406 e. The van der Waals surface area contributed by atoms with Crippen molar-refractivity contribution in [2.24, 2.45) is 0 Å². The van der Waals surface area contributed by atoms with Gasteiger partial charge < -0.3 is 19.9 Å². The summed E-state index contributed by atoms with van der Waals surface area (Å²) in [5.41, 5.74) is 3.54. The summed E-state index contributed by atoms with van der Waals surface area (Å²) in [5, 5.41) is 3.36. The molecule has 4 rings (SSSR count). The largest absolute Gasteiger partial charge is 0.573 e. The molecule has 2 heterocycles. The fourth-order valence-electron chi connectivity index (χ4n) is 5.28. The summed E-state index contributed by atoms with van der Waals surface area (Å²) < 4.78 is 40.9. The van der Waals surface area contributed by atoms with E-state index in [-0.39, 0.29) is 23.1 Å². The first-order chi connectivity index (χ1) is 18.5. The van der Waals surface area contributed by atoms with Gasteiger partial charge in [0.2, 0.25) is 5.91 Å². The Kier molecular flexibility index (Phi) is 9.31. The maximum Gasteiger partial charge on any atom is 0.573 e. The van der Waals surface area contributed by atoms with Gasteiger partial charge in [0.15, 0.2) is 0 Å². The van der Waals surface area contributed by atoms with E-state index in [0.29, 0.717) is 19.5 Å². The molecule has 2 fully saturated rings. The molecular formula is C30H41F3N4O2. The molecule has 0 atom stereocenters. The van der Waals surface area contributed by atoms with E-state index >= 15 is 0 Å². The number of alkyl halides is 3. The van der Waals surface area contributed by atoms with E-state index in [0.717, 1.165) is 57.7 Å². The maximum atomic E-state index is 12.8. The van der Waals surface area contributed by atoms with Crippen molar-refractivity contribution in [3.63, 3.8) is 0 Å². The van der Waals surface area contributed by atoms with E-state index in [2.05, 4.69) is 64.9 Å². The maximum absolute atomic E-state index is 12.8. The zero-order valence-corrected chi connectivity index (χ0v) is 23.3. The number of halogens is 3. The van der Waals surface area contributed by atoms with Gasteiger partial charge in [-0.25, -0.2) is 0 Å². The van der Waals surface area contributed by atoms with E-state index in [1.165, 1.54) is 23.4 Å². The highest BCUT2D eigenvalue weighted by atomic mass is 19.4. The lowest BCUT2D eigenvalue weighted by Crippen LogP contribution is -2.47. The monoisotopic (exact) mass is 546 g/mol. The third-order valence-electron chi connectivity index (χ3n) is 7.64. The number of nitrogens with zero attached hydrogens (tertiary/aromatic N) is 3. The average molecular weight is 547 g/mol. The molecule has 2 saturated heterocycles. The normalized spacial score (nSPS) is 17.8. The van der Waals surface area contributed by atoms with Crippen LogP contribution in [0.15, 0.2) is 48.5 Å². The van der Waals surface area contributed by atoms with Gasteiger partial charge in [0.25, 0.3) is 0 Å². The van der Waals surface area contributed by atoms with Gasteiger partial charge >= 0.3 is 6.36 Å². The number of amides is 1. The van der Waals surface area contributed by atoms with E-state index in [9.17, 15) is 18.0 Å². The summed E-state index contributed by atoms with van der Waals surface area (Å²) in [6.45, 7) is 13.0. The fourth-order valence-corrected chi connectivity index (χ4v) is 5.28. The molecular weight excluding hydrogens is 505 g/mol. The Morgan fingerprint density at radius 2 is 1.51 bits per heavy atom. The molecule has 0 radical (unpaired) electrons. The van der Waals surface area contributed by atoms with Gasteiger partial charge in [-0.3, -0.25) is 9.69 Å². The minimum atomic E-state index is -4.69. The Balaban J connectivity index is 1.11. The summed E-state index contributed by atoms with van der Waals surface area (Å²) >= 11 is 0. The summed E-state index contributed by atoms with van der Waals surface area (Å²) in [7, 11) is 0. The number of benzene rings is 2. The number of piperidine rings is 1. The molecule has 9 heteroatoms. The predicted octanol–water partition coefficient (Wildman–Crippen LogP) is 5.89. The molecule has 214 valence electrons. The lowest BCUT2D eigenvalue weighted by Gasteiger charge is -2.36. The van der Waals surface area contributed by atoms with Crippen LogP contribution >= 0.6 is 0 Å². The van der Waals surface area contributed by atoms with Crippen molar-refractivity contribution in [2.45, 2.75) is 64.3 Å². The first kappa shape index (κ1) is 29.1. The molecule has 2 aliphatic heterocycles. The smallest absolute Gasteiger partial charge is 0.406 e. The van der Waals surface area contributed by atoms with E-state index < -0.39 is 6.36 Å². The summed E-state index contributed by atoms with van der Waals surface area (Å²) in [6, 6.07) is 14.9. The van der Waals surface area contributed by atoms with Crippen molar-refractivity contribution in [3.8, 4) is 5.75 Å². The number of hydrogen-bond acceptors (Lipinski definition) is 5. The molecule has 2 aromatic carbocycles. The molecule has 2 aliphatic rings.